The van der Waals surface area contributed by atoms with Crippen molar-refractivity contribution in [2.45, 2.75) is 4.90 Å². The van der Waals surface area contributed by atoms with Crippen molar-refractivity contribution < 1.29 is 17.2 Å². The Balaban J connectivity index is 2.20. The molecule has 0 bridgehead atoms. The van der Waals surface area contributed by atoms with Gasteiger partial charge in [-0.25, -0.2) is 17.2 Å². The van der Waals surface area contributed by atoms with Crippen LogP contribution >= 0.6 is 15.9 Å². The average Bonchev–Trinajstić information content (AvgIpc) is 2.45. The zero-order valence-corrected chi connectivity index (χ0v) is 13.6. The number of benzene rings is 1. The summed E-state index contributed by atoms with van der Waals surface area (Å²) in [6, 6.07) is 1.66. The molecule has 0 radical (unpaired) electrons. The number of nitrogens with zero attached hydrogens (tertiary/aromatic N) is 2. The van der Waals surface area contributed by atoms with E-state index in [0.717, 1.165) is 12.1 Å². The number of hydrogen-bond acceptors (Lipinski definition) is 4. The van der Waals surface area contributed by atoms with Gasteiger partial charge in [-0.05, 0) is 28.1 Å². The van der Waals surface area contributed by atoms with Crippen molar-refractivity contribution in [3.05, 3.63) is 28.2 Å². The van der Waals surface area contributed by atoms with Gasteiger partial charge in [0.05, 0.1) is 9.37 Å². The first kappa shape index (κ1) is 16.8. The van der Waals surface area contributed by atoms with Gasteiger partial charge in [-0.15, -0.1) is 0 Å². The Morgan fingerprint density at radius 3 is 2.14 bits per heavy atom. The molecule has 21 heavy (non-hydrogen) atoms. The number of piperazine rings is 1. The molecule has 1 heterocycles. The normalized spacial score (nSPS) is 18.1. The van der Waals surface area contributed by atoms with E-state index in [2.05, 4.69) is 20.8 Å². The van der Waals surface area contributed by atoms with Gasteiger partial charge in [0.1, 0.15) is 11.6 Å². The van der Waals surface area contributed by atoms with Gasteiger partial charge in [0.25, 0.3) is 0 Å². The molecule has 118 valence electrons. The monoisotopic (exact) mass is 383 g/mol. The maximum atomic E-state index is 13.5. The van der Waals surface area contributed by atoms with Gasteiger partial charge in [0.15, 0.2) is 0 Å². The van der Waals surface area contributed by atoms with Gasteiger partial charge in [0, 0.05) is 39.3 Å². The molecule has 0 amide bonds. The molecule has 0 atom stereocenters. The fourth-order valence-corrected chi connectivity index (χ4v) is 3.88. The lowest BCUT2D eigenvalue weighted by molar-refractivity contribution is 0.192. The zero-order valence-electron chi connectivity index (χ0n) is 11.2. The van der Waals surface area contributed by atoms with E-state index in [-0.39, 0.29) is 22.5 Å². The summed E-state index contributed by atoms with van der Waals surface area (Å²) in [5.41, 5.74) is 5.46. The minimum Gasteiger partial charge on any atom is -0.329 e. The number of hydrogen-bond donors (Lipinski definition) is 1. The minimum absolute atomic E-state index is 0.279. The first-order valence-electron chi connectivity index (χ1n) is 6.43. The van der Waals surface area contributed by atoms with E-state index in [9.17, 15) is 17.2 Å². The molecule has 1 fully saturated rings. The number of nitrogens with two attached hydrogens (primary N) is 1. The van der Waals surface area contributed by atoms with Gasteiger partial charge in [-0.3, -0.25) is 4.90 Å². The van der Waals surface area contributed by atoms with Crippen LogP contribution < -0.4 is 5.73 Å². The van der Waals surface area contributed by atoms with E-state index < -0.39 is 21.7 Å². The summed E-state index contributed by atoms with van der Waals surface area (Å²) in [7, 11) is -3.89. The van der Waals surface area contributed by atoms with Crippen molar-refractivity contribution in [2.24, 2.45) is 5.73 Å². The molecule has 1 aromatic carbocycles. The molecule has 1 aromatic rings. The molecule has 1 saturated heterocycles. The summed E-state index contributed by atoms with van der Waals surface area (Å²) in [4.78, 5) is 1.68. The largest absolute Gasteiger partial charge is 0.329 e. The van der Waals surface area contributed by atoms with E-state index >= 15 is 0 Å². The molecule has 1 aliphatic heterocycles. The summed E-state index contributed by atoms with van der Waals surface area (Å²) in [6.45, 7) is 2.88. The molecule has 0 aliphatic carbocycles. The third-order valence-corrected chi connectivity index (χ3v) is 6.01. The van der Waals surface area contributed by atoms with E-state index in [0.29, 0.717) is 26.2 Å². The quantitative estimate of drug-likeness (QED) is 0.787. The Bertz CT molecular complexity index is 596. The van der Waals surface area contributed by atoms with Crippen LogP contribution in [-0.4, -0.2) is 56.9 Å². The van der Waals surface area contributed by atoms with Crippen LogP contribution in [0.15, 0.2) is 21.5 Å². The van der Waals surface area contributed by atoms with E-state index in [1.165, 1.54) is 4.31 Å². The fraction of sp³-hybridized carbons (Fsp3) is 0.500. The van der Waals surface area contributed by atoms with Crippen LogP contribution in [0.2, 0.25) is 0 Å². The lowest BCUT2D eigenvalue weighted by Gasteiger charge is -2.33. The van der Waals surface area contributed by atoms with Crippen LogP contribution in [0.3, 0.4) is 0 Å². The Hall–Kier alpha value is -0.610. The van der Waals surface area contributed by atoms with Gasteiger partial charge in [0.2, 0.25) is 10.0 Å². The van der Waals surface area contributed by atoms with Gasteiger partial charge in [-0.1, -0.05) is 0 Å². The predicted molar refractivity (Wildman–Crippen MR) is 78.3 cm³/mol. The molecular formula is C12H16BrF2N3O2S. The lowest BCUT2D eigenvalue weighted by atomic mass is 10.3. The van der Waals surface area contributed by atoms with E-state index in [1.807, 2.05) is 0 Å². The summed E-state index contributed by atoms with van der Waals surface area (Å²) >= 11 is 2.72. The first-order valence-corrected chi connectivity index (χ1v) is 8.66. The van der Waals surface area contributed by atoms with Crippen LogP contribution in [-0.2, 0) is 10.0 Å². The Labute approximate surface area is 130 Å². The fourth-order valence-electron chi connectivity index (χ4n) is 2.21. The summed E-state index contributed by atoms with van der Waals surface area (Å²) in [6.07, 6.45) is 0. The van der Waals surface area contributed by atoms with Crippen LogP contribution in [0.25, 0.3) is 0 Å². The van der Waals surface area contributed by atoms with Gasteiger partial charge in [-0.2, -0.15) is 4.31 Å². The average molecular weight is 384 g/mol. The van der Waals surface area contributed by atoms with Gasteiger partial charge >= 0.3 is 0 Å². The minimum atomic E-state index is -3.89. The van der Waals surface area contributed by atoms with Crippen molar-refractivity contribution in [1.29, 1.82) is 0 Å². The smallest absolute Gasteiger partial charge is 0.243 e. The SMILES string of the molecule is NCCN1CCN(S(=O)(=O)c2cc(F)c(Br)c(F)c2)CC1. The van der Waals surface area contributed by atoms with E-state index in [1.54, 1.807) is 0 Å². The standard InChI is InChI=1S/C12H16BrF2N3O2S/c13-12-10(14)7-9(8-11(12)15)21(19,20)18-5-3-17(2-1-16)4-6-18/h7-8H,1-6,16H2. The lowest BCUT2D eigenvalue weighted by Crippen LogP contribution is -2.49. The maximum Gasteiger partial charge on any atom is 0.243 e. The van der Waals surface area contributed by atoms with Crippen molar-refractivity contribution in [3.8, 4) is 0 Å². The third kappa shape index (κ3) is 3.59. The molecule has 0 unspecified atom stereocenters. The Morgan fingerprint density at radius 1 is 1.14 bits per heavy atom. The highest BCUT2D eigenvalue weighted by molar-refractivity contribution is 9.10. The maximum absolute atomic E-state index is 13.5. The summed E-state index contributed by atoms with van der Waals surface area (Å²) < 4.78 is 52.7. The molecule has 9 heteroatoms. The zero-order chi connectivity index (χ0) is 15.6. The summed E-state index contributed by atoms with van der Waals surface area (Å²) in [5.74, 6) is -1.87. The van der Waals surface area contributed by atoms with E-state index in [4.69, 9.17) is 5.73 Å². The first-order chi connectivity index (χ1) is 9.86. The molecule has 2 N–H and O–H groups in total. The summed E-state index contributed by atoms with van der Waals surface area (Å²) in [5, 5.41) is 0. The number of rotatable bonds is 4. The highest BCUT2D eigenvalue weighted by atomic mass is 79.9. The van der Waals surface area contributed by atoms with Gasteiger partial charge < -0.3 is 5.73 Å². The van der Waals surface area contributed by atoms with Crippen molar-refractivity contribution in [3.63, 3.8) is 0 Å². The van der Waals surface area contributed by atoms with Crippen LogP contribution in [0.4, 0.5) is 8.78 Å². The van der Waals surface area contributed by atoms with Crippen LogP contribution in [0, 0.1) is 11.6 Å². The second kappa shape index (κ2) is 6.66. The molecule has 0 saturated carbocycles. The number of halogens is 3. The van der Waals surface area contributed by atoms with Crippen LogP contribution in [0.5, 0.6) is 0 Å². The van der Waals surface area contributed by atoms with Crippen molar-refractivity contribution >= 4 is 26.0 Å². The molecule has 5 nitrogen and oxygen atoms in total. The Morgan fingerprint density at radius 2 is 1.67 bits per heavy atom. The second-order valence-corrected chi connectivity index (χ2v) is 7.47. The van der Waals surface area contributed by atoms with Crippen LogP contribution in [0.1, 0.15) is 0 Å². The Kier molecular flexibility index (Phi) is 5.31. The van der Waals surface area contributed by atoms with Crippen molar-refractivity contribution in [1.82, 2.24) is 9.21 Å². The topological polar surface area (TPSA) is 66.6 Å². The molecule has 0 spiro atoms. The highest BCUT2D eigenvalue weighted by Crippen LogP contribution is 2.25. The predicted octanol–water partition coefficient (Wildman–Crippen LogP) is 0.992. The molecule has 1 aliphatic rings. The molecule has 0 aromatic heterocycles. The molecule has 2 rings (SSSR count). The second-order valence-electron chi connectivity index (χ2n) is 4.74. The van der Waals surface area contributed by atoms with Crippen molar-refractivity contribution in [2.75, 3.05) is 39.3 Å². The number of sulfonamides is 1. The molecular weight excluding hydrogens is 368 g/mol. The highest BCUT2D eigenvalue weighted by Gasteiger charge is 2.29. The third-order valence-electron chi connectivity index (χ3n) is 3.37.